The molecule has 1 atom stereocenters. The Kier molecular flexibility index (Phi) is 7.66. The maximum absolute atomic E-state index is 13.4. The number of nitrogens with zero attached hydrogens (tertiary/aromatic N) is 1. The molecule has 1 N–H and O–H groups in total. The third-order valence-corrected chi connectivity index (χ3v) is 6.37. The minimum Gasteiger partial charge on any atom is -0.339 e. The first kappa shape index (κ1) is 25.0. The van der Waals surface area contributed by atoms with Crippen molar-refractivity contribution in [3.63, 3.8) is 0 Å². The Balaban J connectivity index is 2.03. The van der Waals surface area contributed by atoms with Crippen LogP contribution in [0, 0.1) is 11.6 Å². The maximum atomic E-state index is 13.4. The summed E-state index contributed by atoms with van der Waals surface area (Å²) < 4.78 is 91.9. The molecule has 0 aliphatic rings. The molecule has 1 unspecified atom stereocenters. The molecule has 0 saturated carbocycles. The first-order valence-corrected chi connectivity index (χ1v) is 10.7. The molecule has 0 spiro atoms. The van der Waals surface area contributed by atoms with Crippen LogP contribution in [0.5, 0.6) is 0 Å². The zero-order chi connectivity index (χ0) is 23.6. The molecule has 0 fully saturated rings. The number of nitrogens with one attached hydrogen (secondary N) is 1. The SMILES string of the molecule is CC(c1ccc(F)c(F)c1)N(C)C(=O)CCNS(=O)(=O)c1ccc(Cl)c(C(F)(F)F)c1. The molecule has 5 nitrogen and oxygen atoms in total. The number of carbonyl (C=O) groups is 1. The Labute approximate surface area is 180 Å². The second-order valence-electron chi connectivity index (χ2n) is 6.64. The van der Waals surface area contributed by atoms with Gasteiger partial charge in [0, 0.05) is 20.0 Å². The van der Waals surface area contributed by atoms with E-state index in [-0.39, 0.29) is 13.0 Å². The quantitative estimate of drug-likeness (QED) is 0.587. The average Bonchev–Trinajstić information content (AvgIpc) is 2.68. The molecule has 0 aliphatic carbocycles. The second-order valence-corrected chi connectivity index (χ2v) is 8.82. The van der Waals surface area contributed by atoms with Gasteiger partial charge in [-0.1, -0.05) is 17.7 Å². The van der Waals surface area contributed by atoms with E-state index in [4.69, 9.17) is 11.6 Å². The van der Waals surface area contributed by atoms with Crippen LogP contribution < -0.4 is 4.72 Å². The Hall–Kier alpha value is -2.24. The fourth-order valence-corrected chi connectivity index (χ4v) is 3.93. The standard InChI is InChI=1S/C19H18ClF5N2O3S/c1-11(12-3-6-16(21)17(22)9-12)27(2)18(28)7-8-26-31(29,30)13-4-5-15(20)14(10-13)19(23,24)25/h3-6,9-11,26H,7-8H2,1-2H3. The highest BCUT2D eigenvalue weighted by molar-refractivity contribution is 7.89. The van der Waals surface area contributed by atoms with Crippen molar-refractivity contribution < 1.29 is 35.2 Å². The predicted octanol–water partition coefficient (Wildman–Crippen LogP) is 4.53. The molecular weight excluding hydrogens is 467 g/mol. The molecule has 0 radical (unpaired) electrons. The van der Waals surface area contributed by atoms with Gasteiger partial charge in [0.2, 0.25) is 15.9 Å². The summed E-state index contributed by atoms with van der Waals surface area (Å²) >= 11 is 5.48. The largest absolute Gasteiger partial charge is 0.417 e. The van der Waals surface area contributed by atoms with Crippen LogP contribution in [0.2, 0.25) is 5.02 Å². The van der Waals surface area contributed by atoms with E-state index in [1.165, 1.54) is 18.0 Å². The second kappa shape index (κ2) is 9.49. The van der Waals surface area contributed by atoms with Crippen LogP contribution in [0.25, 0.3) is 0 Å². The molecule has 31 heavy (non-hydrogen) atoms. The van der Waals surface area contributed by atoms with Gasteiger partial charge in [0.1, 0.15) is 0 Å². The minimum atomic E-state index is -4.84. The highest BCUT2D eigenvalue weighted by atomic mass is 35.5. The molecule has 0 saturated heterocycles. The van der Waals surface area contributed by atoms with E-state index in [0.29, 0.717) is 11.6 Å². The van der Waals surface area contributed by atoms with Crippen LogP contribution in [-0.2, 0) is 21.0 Å². The van der Waals surface area contributed by atoms with Gasteiger partial charge >= 0.3 is 6.18 Å². The van der Waals surface area contributed by atoms with Gasteiger partial charge in [-0.3, -0.25) is 4.79 Å². The van der Waals surface area contributed by atoms with E-state index in [1.54, 1.807) is 6.92 Å². The number of hydrogen-bond acceptors (Lipinski definition) is 3. The lowest BCUT2D eigenvalue weighted by Crippen LogP contribution is -2.33. The van der Waals surface area contributed by atoms with Crippen LogP contribution >= 0.6 is 11.6 Å². The molecule has 2 aromatic carbocycles. The monoisotopic (exact) mass is 484 g/mol. The fourth-order valence-electron chi connectivity index (χ4n) is 2.65. The first-order valence-electron chi connectivity index (χ1n) is 8.81. The zero-order valence-electron chi connectivity index (χ0n) is 16.3. The van der Waals surface area contributed by atoms with Crippen LogP contribution in [0.3, 0.4) is 0 Å². The summed E-state index contributed by atoms with van der Waals surface area (Å²) in [5.74, 6) is -2.62. The van der Waals surface area contributed by atoms with E-state index in [9.17, 15) is 35.2 Å². The van der Waals surface area contributed by atoms with E-state index in [1.807, 2.05) is 0 Å². The Morgan fingerprint density at radius 2 is 1.77 bits per heavy atom. The van der Waals surface area contributed by atoms with Crippen LogP contribution in [0.15, 0.2) is 41.3 Å². The summed E-state index contributed by atoms with van der Waals surface area (Å²) in [6.07, 6.45) is -5.15. The van der Waals surface area contributed by atoms with E-state index < -0.39 is 55.3 Å². The van der Waals surface area contributed by atoms with Crippen molar-refractivity contribution in [2.75, 3.05) is 13.6 Å². The lowest BCUT2D eigenvalue weighted by atomic mass is 10.1. The highest BCUT2D eigenvalue weighted by Gasteiger charge is 2.34. The van der Waals surface area contributed by atoms with Crippen molar-refractivity contribution in [2.45, 2.75) is 30.5 Å². The third kappa shape index (κ3) is 6.14. The predicted molar refractivity (Wildman–Crippen MR) is 104 cm³/mol. The van der Waals surface area contributed by atoms with Crippen LogP contribution in [0.1, 0.15) is 30.5 Å². The van der Waals surface area contributed by atoms with E-state index >= 15 is 0 Å². The lowest BCUT2D eigenvalue weighted by Gasteiger charge is -2.25. The Morgan fingerprint density at radius 1 is 1.13 bits per heavy atom. The van der Waals surface area contributed by atoms with E-state index in [0.717, 1.165) is 24.3 Å². The van der Waals surface area contributed by atoms with Crippen LogP contribution in [0.4, 0.5) is 22.0 Å². The number of amides is 1. The normalized spacial score (nSPS) is 13.2. The van der Waals surface area contributed by atoms with Gasteiger partial charge in [0.15, 0.2) is 11.6 Å². The Morgan fingerprint density at radius 3 is 2.35 bits per heavy atom. The topological polar surface area (TPSA) is 66.5 Å². The number of alkyl halides is 3. The summed E-state index contributed by atoms with van der Waals surface area (Å²) in [7, 11) is -2.93. The van der Waals surface area contributed by atoms with Gasteiger partial charge in [-0.05, 0) is 42.8 Å². The number of hydrogen-bond donors (Lipinski definition) is 1. The van der Waals surface area contributed by atoms with Crippen molar-refractivity contribution >= 4 is 27.5 Å². The molecule has 2 rings (SSSR count). The molecule has 12 heteroatoms. The molecular formula is C19H18ClF5N2O3S. The summed E-state index contributed by atoms with van der Waals surface area (Å²) in [6, 6.07) is 4.70. The minimum absolute atomic E-state index is 0.316. The van der Waals surface area contributed by atoms with Crippen molar-refractivity contribution in [3.8, 4) is 0 Å². The first-order chi connectivity index (χ1) is 14.2. The summed E-state index contributed by atoms with van der Waals surface area (Å²) in [6.45, 7) is 1.18. The number of sulfonamides is 1. The van der Waals surface area contributed by atoms with Gasteiger partial charge in [0.25, 0.3) is 0 Å². The molecule has 0 heterocycles. The molecule has 0 aromatic heterocycles. The smallest absolute Gasteiger partial charge is 0.339 e. The highest BCUT2D eigenvalue weighted by Crippen LogP contribution is 2.35. The van der Waals surface area contributed by atoms with Gasteiger partial charge in [-0.15, -0.1) is 0 Å². The summed E-state index contributed by atoms with van der Waals surface area (Å²) in [5, 5.41) is -0.644. The van der Waals surface area contributed by atoms with Gasteiger partial charge in [-0.25, -0.2) is 21.9 Å². The third-order valence-electron chi connectivity index (χ3n) is 4.58. The molecule has 0 aliphatic heterocycles. The number of benzene rings is 2. The molecule has 0 bridgehead atoms. The molecule has 1 amide bonds. The number of rotatable bonds is 7. The maximum Gasteiger partial charge on any atom is 0.417 e. The zero-order valence-corrected chi connectivity index (χ0v) is 17.9. The molecule has 2 aromatic rings. The number of halogens is 6. The molecule has 170 valence electrons. The van der Waals surface area contributed by atoms with Crippen molar-refractivity contribution in [3.05, 3.63) is 64.2 Å². The fraction of sp³-hybridized carbons (Fsp3) is 0.316. The van der Waals surface area contributed by atoms with Crippen molar-refractivity contribution in [1.82, 2.24) is 9.62 Å². The van der Waals surface area contributed by atoms with Gasteiger partial charge < -0.3 is 4.90 Å². The van der Waals surface area contributed by atoms with Crippen molar-refractivity contribution in [1.29, 1.82) is 0 Å². The van der Waals surface area contributed by atoms with E-state index in [2.05, 4.69) is 4.72 Å². The van der Waals surface area contributed by atoms with Crippen molar-refractivity contribution in [2.24, 2.45) is 0 Å². The van der Waals surface area contributed by atoms with Gasteiger partial charge in [-0.2, -0.15) is 13.2 Å². The van der Waals surface area contributed by atoms with Crippen LogP contribution in [-0.4, -0.2) is 32.8 Å². The Bertz CT molecular complexity index is 1080. The summed E-state index contributed by atoms with van der Waals surface area (Å²) in [4.78, 5) is 12.9. The van der Waals surface area contributed by atoms with Gasteiger partial charge in [0.05, 0.1) is 21.5 Å². The average molecular weight is 485 g/mol. The summed E-state index contributed by atoms with van der Waals surface area (Å²) in [5.41, 5.74) is -0.968. The lowest BCUT2D eigenvalue weighted by molar-refractivity contribution is -0.137. The number of carbonyl (C=O) groups excluding carboxylic acids is 1.